The molecule has 1 unspecified atom stereocenters. The van der Waals surface area contributed by atoms with Crippen LogP contribution in [-0.4, -0.2) is 33.5 Å². The van der Waals surface area contributed by atoms with E-state index in [2.05, 4.69) is 33.5 Å². The van der Waals surface area contributed by atoms with Crippen molar-refractivity contribution in [3.8, 4) is 5.75 Å². The predicted octanol–water partition coefficient (Wildman–Crippen LogP) is 6.18. The number of benzene rings is 2. The molecule has 0 bridgehead atoms. The molecule has 1 aliphatic heterocycles. The number of thioether (sulfide) groups is 1. The Hall–Kier alpha value is -2.78. The third-order valence-corrected chi connectivity index (χ3v) is 6.99. The summed E-state index contributed by atoms with van der Waals surface area (Å²) in [6, 6.07) is 13.0. The molecule has 0 saturated heterocycles. The monoisotopic (exact) mass is 541 g/mol. The molecule has 1 amide bonds. The van der Waals surface area contributed by atoms with Crippen LogP contribution in [0.2, 0.25) is 0 Å². The van der Waals surface area contributed by atoms with E-state index in [1.54, 1.807) is 23.6 Å². The zero-order valence-corrected chi connectivity index (χ0v) is 22.1. The topological polar surface area (TPSA) is 81.1 Å². The number of fused-ring (bicyclic) bond motifs is 1. The van der Waals surface area contributed by atoms with Crippen molar-refractivity contribution >= 4 is 45.2 Å². The molecule has 0 aliphatic carbocycles. The fraction of sp³-hybridized carbons (Fsp3) is 0.320. The highest BCUT2D eigenvalue weighted by Crippen LogP contribution is 2.41. The van der Waals surface area contributed by atoms with Crippen LogP contribution < -0.4 is 15.4 Å². The van der Waals surface area contributed by atoms with Gasteiger partial charge in [-0.3, -0.25) is 4.79 Å². The second-order valence-corrected chi connectivity index (χ2v) is 10.1. The number of methoxy groups -OCH3 is 1. The summed E-state index contributed by atoms with van der Waals surface area (Å²) in [6.45, 7) is 6.05. The van der Waals surface area contributed by atoms with Gasteiger partial charge in [-0.2, -0.15) is 4.98 Å². The van der Waals surface area contributed by atoms with Gasteiger partial charge in [0.05, 0.1) is 12.7 Å². The number of aryl methyl sites for hydroxylation is 1. The largest absolute Gasteiger partial charge is 0.496 e. The van der Waals surface area contributed by atoms with Crippen molar-refractivity contribution in [3.05, 3.63) is 69.3 Å². The van der Waals surface area contributed by atoms with Crippen molar-refractivity contribution < 1.29 is 9.53 Å². The summed E-state index contributed by atoms with van der Waals surface area (Å²) >= 11 is 5.20. The number of carbonyl (C=O) groups excluding carboxylic acids is 1. The maximum absolute atomic E-state index is 13.7. The summed E-state index contributed by atoms with van der Waals surface area (Å²) in [5, 5.41) is 11.8. The Bertz CT molecular complexity index is 1240. The first-order valence-corrected chi connectivity index (χ1v) is 13.0. The van der Waals surface area contributed by atoms with E-state index in [-0.39, 0.29) is 5.91 Å². The van der Waals surface area contributed by atoms with E-state index in [9.17, 15) is 4.79 Å². The molecular formula is C25H28BrN5O2S. The number of unbranched alkanes of at least 4 members (excludes halogenated alkanes) is 1. The molecule has 2 aromatic carbocycles. The van der Waals surface area contributed by atoms with Crippen molar-refractivity contribution in [1.29, 1.82) is 0 Å². The number of anilines is 2. The van der Waals surface area contributed by atoms with Crippen LogP contribution in [0.4, 0.5) is 11.6 Å². The number of carbonyl (C=O) groups is 1. The summed E-state index contributed by atoms with van der Waals surface area (Å²) < 4.78 is 8.36. The smallest absolute Gasteiger partial charge is 0.255 e. The van der Waals surface area contributed by atoms with E-state index >= 15 is 0 Å². The summed E-state index contributed by atoms with van der Waals surface area (Å²) in [4.78, 5) is 18.4. The Labute approximate surface area is 212 Å². The number of hydrogen-bond donors (Lipinski definition) is 2. The molecule has 1 aromatic heterocycles. The number of rotatable bonds is 8. The number of halogens is 1. The molecule has 34 heavy (non-hydrogen) atoms. The average molecular weight is 543 g/mol. The van der Waals surface area contributed by atoms with Crippen molar-refractivity contribution in [2.75, 3.05) is 23.5 Å². The van der Waals surface area contributed by atoms with Gasteiger partial charge in [-0.05, 0) is 56.2 Å². The highest BCUT2D eigenvalue weighted by Gasteiger charge is 2.36. The van der Waals surface area contributed by atoms with E-state index in [4.69, 9.17) is 14.8 Å². The third kappa shape index (κ3) is 5.15. The fourth-order valence-electron chi connectivity index (χ4n) is 3.92. The van der Waals surface area contributed by atoms with Crippen LogP contribution in [0.3, 0.4) is 0 Å². The van der Waals surface area contributed by atoms with Crippen LogP contribution in [0.5, 0.6) is 5.75 Å². The van der Waals surface area contributed by atoms with Crippen LogP contribution >= 0.6 is 27.7 Å². The SMILES string of the molecule is CCCCSc1nc2n(n1)C(c1cc(Br)ccc1OC)C(C(=O)Nc1cccc(C)c1)=C(C)N2. The number of hydrogen-bond acceptors (Lipinski definition) is 6. The number of aromatic nitrogens is 3. The van der Waals surface area contributed by atoms with Gasteiger partial charge in [-0.15, -0.1) is 5.10 Å². The van der Waals surface area contributed by atoms with Crippen molar-refractivity contribution in [1.82, 2.24) is 14.8 Å². The van der Waals surface area contributed by atoms with Gasteiger partial charge in [0, 0.05) is 27.2 Å². The van der Waals surface area contributed by atoms with Crippen LogP contribution in [0, 0.1) is 6.92 Å². The first-order chi connectivity index (χ1) is 16.4. The van der Waals surface area contributed by atoms with Gasteiger partial charge in [0.15, 0.2) is 0 Å². The van der Waals surface area contributed by atoms with E-state index in [1.165, 1.54) is 0 Å². The summed E-state index contributed by atoms with van der Waals surface area (Å²) in [6.07, 6.45) is 2.20. The second kappa shape index (κ2) is 10.7. The predicted molar refractivity (Wildman–Crippen MR) is 141 cm³/mol. The lowest BCUT2D eigenvalue weighted by molar-refractivity contribution is -0.113. The summed E-state index contributed by atoms with van der Waals surface area (Å²) in [5.74, 6) is 2.02. The molecule has 178 valence electrons. The molecule has 0 spiro atoms. The highest BCUT2D eigenvalue weighted by atomic mass is 79.9. The molecule has 3 aromatic rings. The number of nitrogens with zero attached hydrogens (tertiary/aromatic N) is 3. The summed E-state index contributed by atoms with van der Waals surface area (Å²) in [5.41, 5.74) is 3.92. The minimum atomic E-state index is -0.512. The first-order valence-electron chi connectivity index (χ1n) is 11.2. The molecule has 0 radical (unpaired) electrons. The highest BCUT2D eigenvalue weighted by molar-refractivity contribution is 9.10. The van der Waals surface area contributed by atoms with Crippen LogP contribution in [0.25, 0.3) is 0 Å². The van der Waals surface area contributed by atoms with E-state index < -0.39 is 6.04 Å². The zero-order valence-electron chi connectivity index (χ0n) is 19.7. The Morgan fingerprint density at radius 2 is 2.09 bits per heavy atom. The molecule has 4 rings (SSSR count). The minimum absolute atomic E-state index is 0.205. The lowest BCUT2D eigenvalue weighted by atomic mass is 9.94. The van der Waals surface area contributed by atoms with Crippen LogP contribution in [0.15, 0.2) is 63.4 Å². The van der Waals surface area contributed by atoms with Crippen LogP contribution in [0.1, 0.15) is 43.9 Å². The quantitative estimate of drug-likeness (QED) is 0.262. The van der Waals surface area contributed by atoms with Gasteiger partial charge in [0.1, 0.15) is 11.8 Å². The van der Waals surface area contributed by atoms with Crippen LogP contribution in [-0.2, 0) is 4.79 Å². The van der Waals surface area contributed by atoms with Gasteiger partial charge in [0.25, 0.3) is 5.91 Å². The summed E-state index contributed by atoms with van der Waals surface area (Å²) in [7, 11) is 1.63. The normalized spacial score (nSPS) is 15.0. The van der Waals surface area contributed by atoms with Crippen molar-refractivity contribution in [2.24, 2.45) is 0 Å². The molecular weight excluding hydrogens is 514 g/mol. The Balaban J connectivity index is 1.79. The Kier molecular flexibility index (Phi) is 7.63. The van der Waals surface area contributed by atoms with E-state index in [1.807, 2.05) is 56.3 Å². The molecule has 1 aliphatic rings. The standard InChI is InChI=1S/C25H28BrN5O2S/c1-5-6-12-34-25-29-24-27-16(3)21(23(32)28-18-9-7-8-15(2)13-18)22(31(24)30-25)19-14-17(26)10-11-20(19)33-4/h7-11,13-14,22H,5-6,12H2,1-4H3,(H,28,32)(H,27,29,30). The number of allylic oxidation sites excluding steroid dienone is 1. The second-order valence-electron chi connectivity index (χ2n) is 8.14. The van der Waals surface area contributed by atoms with Gasteiger partial charge >= 0.3 is 0 Å². The van der Waals surface area contributed by atoms with Crippen molar-refractivity contribution in [3.63, 3.8) is 0 Å². The molecule has 0 saturated carbocycles. The number of amides is 1. The van der Waals surface area contributed by atoms with Gasteiger partial charge < -0.3 is 15.4 Å². The molecule has 0 fully saturated rings. The lowest BCUT2D eigenvalue weighted by Crippen LogP contribution is -2.31. The van der Waals surface area contributed by atoms with E-state index in [0.29, 0.717) is 22.4 Å². The molecule has 2 heterocycles. The maximum atomic E-state index is 13.7. The number of ether oxygens (including phenoxy) is 1. The van der Waals surface area contributed by atoms with Gasteiger partial charge in [-0.1, -0.05) is 53.2 Å². The molecule has 1 atom stereocenters. The Morgan fingerprint density at radius 3 is 2.82 bits per heavy atom. The van der Waals surface area contributed by atoms with Gasteiger partial charge in [0.2, 0.25) is 11.1 Å². The first kappa shape index (κ1) is 24.3. The minimum Gasteiger partial charge on any atom is -0.496 e. The number of nitrogens with one attached hydrogen (secondary N) is 2. The van der Waals surface area contributed by atoms with E-state index in [0.717, 1.165) is 45.6 Å². The third-order valence-electron chi connectivity index (χ3n) is 5.57. The fourth-order valence-corrected chi connectivity index (χ4v) is 5.21. The van der Waals surface area contributed by atoms with Gasteiger partial charge in [-0.25, -0.2) is 4.68 Å². The molecule has 7 nitrogen and oxygen atoms in total. The molecule has 9 heteroatoms. The Morgan fingerprint density at radius 1 is 1.26 bits per heavy atom. The maximum Gasteiger partial charge on any atom is 0.255 e. The average Bonchev–Trinajstić information content (AvgIpc) is 3.20. The molecule has 2 N–H and O–H groups in total. The lowest BCUT2D eigenvalue weighted by Gasteiger charge is -2.29. The zero-order chi connectivity index (χ0) is 24.2. The van der Waals surface area contributed by atoms with Crippen molar-refractivity contribution in [2.45, 2.75) is 44.8 Å².